The number of carbonyl (C=O) groups excluding carboxylic acids is 3. The second kappa shape index (κ2) is 12.6. The molecule has 0 heterocycles. The number of carbonyl (C=O) groups is 3. The lowest BCUT2D eigenvalue weighted by atomic mass is 10.1. The monoisotopic (exact) mass is 447 g/mol. The molecule has 0 radical (unpaired) electrons. The van der Waals surface area contributed by atoms with Crippen LogP contribution in [-0.2, 0) is 32.0 Å². The molecule has 0 unspecified atom stereocenters. The number of methoxy groups -OCH3 is 1. The molecule has 3 N–H and O–H groups in total. The molecule has 0 aromatic heterocycles. The van der Waals surface area contributed by atoms with E-state index in [0.717, 1.165) is 17.7 Å². The molecule has 172 valence electrons. The normalized spacial score (nSPS) is 12.6. The second-order valence-corrected chi connectivity index (χ2v) is 7.29. The fourth-order valence-electron chi connectivity index (χ4n) is 3.02. The Bertz CT molecular complexity index is 904. The first kappa shape index (κ1) is 25.1. The summed E-state index contributed by atoms with van der Waals surface area (Å²) in [6.07, 6.45) is 0.0466. The highest BCUT2D eigenvalue weighted by molar-refractivity contribution is 6.01. The Kier molecular flexibility index (Phi) is 9.90. The van der Waals surface area contributed by atoms with E-state index < -0.39 is 41.4 Å². The molecule has 0 bridgehead atoms. The third kappa shape index (κ3) is 8.52. The molecule has 32 heavy (non-hydrogen) atoms. The van der Waals surface area contributed by atoms with Crippen LogP contribution in [0.4, 0.5) is 8.78 Å². The molecule has 0 aliphatic rings. The van der Waals surface area contributed by atoms with E-state index in [1.807, 2.05) is 30.3 Å². The van der Waals surface area contributed by atoms with Gasteiger partial charge >= 0.3 is 0 Å². The Labute approximate surface area is 185 Å². The van der Waals surface area contributed by atoms with Gasteiger partial charge in [-0.25, -0.2) is 8.78 Å². The molecule has 0 aliphatic heterocycles. The number of halogens is 2. The summed E-state index contributed by atoms with van der Waals surface area (Å²) in [5, 5.41) is 7.77. The highest BCUT2D eigenvalue weighted by Crippen LogP contribution is 2.09. The van der Waals surface area contributed by atoms with Gasteiger partial charge in [0.25, 0.3) is 0 Å². The smallest absolute Gasteiger partial charge is 0.248 e. The number of ether oxygens (including phenoxy) is 1. The molecule has 2 atom stereocenters. The SMILES string of the molecule is COCCN[C@@H](Cc1ccccc1)C(=O)NC(=O)[C@H](C)NC(=O)Cc1cc(F)cc(F)c1. The minimum absolute atomic E-state index is 0.133. The molecule has 3 amide bonds. The molecule has 0 spiro atoms. The molecule has 0 saturated heterocycles. The minimum atomic E-state index is -1.03. The standard InChI is InChI=1S/C23H27F2N3O4/c1-15(27-21(29)13-17-10-18(24)14-19(25)11-17)22(30)28-23(31)20(26-8-9-32-2)12-16-6-4-3-5-7-16/h3-7,10-11,14-15,20,26H,8-9,12-13H2,1-2H3,(H,27,29)(H,28,30,31)/t15-,20-/m0/s1. The van der Waals surface area contributed by atoms with E-state index in [9.17, 15) is 23.2 Å². The van der Waals surface area contributed by atoms with Crippen LogP contribution in [0, 0.1) is 11.6 Å². The van der Waals surface area contributed by atoms with Gasteiger partial charge in [-0.2, -0.15) is 0 Å². The summed E-state index contributed by atoms with van der Waals surface area (Å²) in [5.74, 6) is -3.43. The summed E-state index contributed by atoms with van der Waals surface area (Å²) in [4.78, 5) is 37.2. The molecular weight excluding hydrogens is 420 g/mol. The molecule has 2 rings (SSSR count). The maximum atomic E-state index is 13.3. The number of nitrogens with one attached hydrogen (secondary N) is 3. The number of rotatable bonds is 11. The van der Waals surface area contributed by atoms with Gasteiger partial charge < -0.3 is 15.4 Å². The van der Waals surface area contributed by atoms with Crippen LogP contribution in [0.2, 0.25) is 0 Å². The Morgan fingerprint density at radius 2 is 1.62 bits per heavy atom. The summed E-state index contributed by atoms with van der Waals surface area (Å²) >= 11 is 0. The topological polar surface area (TPSA) is 96.5 Å². The molecule has 0 aliphatic carbocycles. The van der Waals surface area contributed by atoms with Crippen molar-refractivity contribution in [2.45, 2.75) is 31.8 Å². The van der Waals surface area contributed by atoms with Crippen molar-refractivity contribution in [2.75, 3.05) is 20.3 Å². The van der Waals surface area contributed by atoms with Crippen molar-refractivity contribution in [1.29, 1.82) is 0 Å². The van der Waals surface area contributed by atoms with Crippen LogP contribution in [0.15, 0.2) is 48.5 Å². The van der Waals surface area contributed by atoms with Crippen LogP contribution in [0.1, 0.15) is 18.1 Å². The zero-order chi connectivity index (χ0) is 23.5. The maximum absolute atomic E-state index is 13.3. The highest BCUT2D eigenvalue weighted by atomic mass is 19.1. The van der Waals surface area contributed by atoms with Crippen molar-refractivity contribution in [1.82, 2.24) is 16.0 Å². The van der Waals surface area contributed by atoms with Gasteiger partial charge in [0.05, 0.1) is 19.1 Å². The average Bonchev–Trinajstić information content (AvgIpc) is 2.72. The van der Waals surface area contributed by atoms with Gasteiger partial charge in [0.1, 0.15) is 17.7 Å². The summed E-state index contributed by atoms with van der Waals surface area (Å²) < 4.78 is 31.5. The van der Waals surface area contributed by atoms with E-state index in [1.165, 1.54) is 6.92 Å². The highest BCUT2D eigenvalue weighted by Gasteiger charge is 2.24. The quantitative estimate of drug-likeness (QED) is 0.454. The van der Waals surface area contributed by atoms with Gasteiger partial charge in [-0.3, -0.25) is 19.7 Å². The molecular formula is C23H27F2N3O4. The van der Waals surface area contributed by atoms with Crippen LogP contribution in [0.25, 0.3) is 0 Å². The second-order valence-electron chi connectivity index (χ2n) is 7.29. The van der Waals surface area contributed by atoms with Gasteiger partial charge in [0, 0.05) is 19.7 Å². The fourth-order valence-corrected chi connectivity index (χ4v) is 3.02. The molecule has 2 aromatic carbocycles. The first-order chi connectivity index (χ1) is 15.3. The number of imide groups is 1. The van der Waals surface area contributed by atoms with Crippen LogP contribution in [-0.4, -0.2) is 50.1 Å². The van der Waals surface area contributed by atoms with Crippen molar-refractivity contribution in [2.24, 2.45) is 0 Å². The first-order valence-corrected chi connectivity index (χ1v) is 10.1. The zero-order valence-electron chi connectivity index (χ0n) is 18.0. The number of hydrogen-bond donors (Lipinski definition) is 3. The van der Waals surface area contributed by atoms with E-state index in [-0.39, 0.29) is 12.0 Å². The largest absolute Gasteiger partial charge is 0.383 e. The number of benzene rings is 2. The predicted molar refractivity (Wildman–Crippen MR) is 115 cm³/mol. The lowest BCUT2D eigenvalue weighted by Crippen LogP contribution is -2.53. The summed E-state index contributed by atoms with van der Waals surface area (Å²) in [7, 11) is 1.54. The number of amides is 3. The minimum Gasteiger partial charge on any atom is -0.383 e. The fraction of sp³-hybridized carbons (Fsp3) is 0.348. The summed E-state index contributed by atoms with van der Waals surface area (Å²) in [6.45, 7) is 2.21. The average molecular weight is 447 g/mol. The van der Waals surface area contributed by atoms with E-state index >= 15 is 0 Å². The van der Waals surface area contributed by atoms with Crippen molar-refractivity contribution < 1.29 is 27.9 Å². The van der Waals surface area contributed by atoms with Crippen LogP contribution < -0.4 is 16.0 Å². The van der Waals surface area contributed by atoms with E-state index in [2.05, 4.69) is 16.0 Å². The lowest BCUT2D eigenvalue weighted by Gasteiger charge is -2.20. The maximum Gasteiger partial charge on any atom is 0.248 e. The van der Waals surface area contributed by atoms with Gasteiger partial charge in [-0.05, 0) is 36.6 Å². The molecule has 0 saturated carbocycles. The van der Waals surface area contributed by atoms with Crippen molar-refractivity contribution >= 4 is 17.7 Å². The number of hydrogen-bond acceptors (Lipinski definition) is 5. The van der Waals surface area contributed by atoms with Crippen LogP contribution >= 0.6 is 0 Å². The lowest BCUT2D eigenvalue weighted by molar-refractivity contribution is -0.134. The molecule has 9 heteroatoms. The van der Waals surface area contributed by atoms with Crippen molar-refractivity contribution in [3.8, 4) is 0 Å². The van der Waals surface area contributed by atoms with Crippen molar-refractivity contribution in [3.63, 3.8) is 0 Å². The Morgan fingerprint density at radius 1 is 0.969 bits per heavy atom. The van der Waals surface area contributed by atoms with Gasteiger partial charge in [-0.15, -0.1) is 0 Å². The Morgan fingerprint density at radius 3 is 2.25 bits per heavy atom. The molecule has 2 aromatic rings. The third-order valence-electron chi connectivity index (χ3n) is 4.60. The van der Waals surface area contributed by atoms with Crippen molar-refractivity contribution in [3.05, 3.63) is 71.3 Å². The van der Waals surface area contributed by atoms with Crippen LogP contribution in [0.3, 0.4) is 0 Å². The van der Waals surface area contributed by atoms with E-state index in [1.54, 1.807) is 7.11 Å². The first-order valence-electron chi connectivity index (χ1n) is 10.1. The molecule has 7 nitrogen and oxygen atoms in total. The summed E-state index contributed by atoms with van der Waals surface area (Å²) in [5.41, 5.74) is 1.04. The van der Waals surface area contributed by atoms with Gasteiger partial charge in [-0.1, -0.05) is 30.3 Å². The molecule has 0 fully saturated rings. The Balaban J connectivity index is 1.92. The van der Waals surface area contributed by atoms with Gasteiger partial charge in [0.15, 0.2) is 0 Å². The predicted octanol–water partition coefficient (Wildman–Crippen LogP) is 1.50. The van der Waals surface area contributed by atoms with E-state index in [4.69, 9.17) is 4.74 Å². The van der Waals surface area contributed by atoms with Gasteiger partial charge in [0.2, 0.25) is 17.7 Å². The van der Waals surface area contributed by atoms with E-state index in [0.29, 0.717) is 25.6 Å². The zero-order valence-corrected chi connectivity index (χ0v) is 18.0. The van der Waals surface area contributed by atoms with Crippen LogP contribution in [0.5, 0.6) is 0 Å². The Hall–Kier alpha value is -3.17. The third-order valence-corrected chi connectivity index (χ3v) is 4.60. The summed E-state index contributed by atoms with van der Waals surface area (Å²) in [6, 6.07) is 10.4.